The topological polar surface area (TPSA) is 6.48 Å². The lowest BCUT2D eigenvalue weighted by molar-refractivity contribution is 0.0710. The summed E-state index contributed by atoms with van der Waals surface area (Å²) in [5.41, 5.74) is 0.952. The average Bonchev–Trinajstić information content (AvgIpc) is 2.27. The minimum Gasteiger partial charge on any atom is -0.289 e. The van der Waals surface area contributed by atoms with E-state index in [1.54, 1.807) is 0 Å². The number of hydrogen-bond acceptors (Lipinski definition) is 2. The second kappa shape index (κ2) is 9.20. The Bertz CT molecular complexity index is 142. The highest BCUT2D eigenvalue weighted by atomic mass is 28.2. The normalized spacial score (nSPS) is 13.1. The summed E-state index contributed by atoms with van der Waals surface area (Å²) >= 11 is 0. The maximum atomic E-state index is 2.63. The average molecular weight is 244 g/mol. The molecule has 0 rings (SSSR count). The molecule has 0 aromatic carbocycles. The zero-order chi connectivity index (χ0) is 12.6. The van der Waals surface area contributed by atoms with E-state index in [9.17, 15) is 0 Å². The molecule has 0 aliphatic carbocycles. The van der Waals surface area contributed by atoms with Gasteiger partial charge in [0, 0.05) is 9.52 Å². The van der Waals surface area contributed by atoms with Crippen LogP contribution in [0.2, 0.25) is 11.6 Å². The molecule has 0 radical (unpaired) electrons. The molecular weight excluding hydrogens is 212 g/mol. The van der Waals surface area contributed by atoms with Crippen LogP contribution in [0.1, 0.15) is 41.5 Å². The Morgan fingerprint density at radius 1 is 0.812 bits per heavy atom. The van der Waals surface area contributed by atoms with Crippen molar-refractivity contribution >= 4 is 9.52 Å². The summed E-state index contributed by atoms with van der Waals surface area (Å²) in [6.07, 6.45) is 0.707. The first kappa shape index (κ1) is 16.1. The van der Waals surface area contributed by atoms with E-state index in [4.69, 9.17) is 0 Å². The third-order valence-corrected chi connectivity index (χ3v) is 5.47. The Kier molecular flexibility index (Phi) is 9.28. The van der Waals surface area contributed by atoms with Crippen LogP contribution in [0.4, 0.5) is 0 Å². The summed E-state index contributed by atoms with van der Waals surface area (Å²) in [6, 6.07) is 1.45. The van der Waals surface area contributed by atoms with E-state index in [2.05, 4.69) is 51.3 Å². The van der Waals surface area contributed by atoms with Crippen molar-refractivity contribution in [2.75, 3.05) is 26.2 Å². The van der Waals surface area contributed by atoms with Crippen LogP contribution in [0.3, 0.4) is 0 Å². The van der Waals surface area contributed by atoms with E-state index in [0.29, 0.717) is 6.17 Å². The van der Waals surface area contributed by atoms with Gasteiger partial charge in [-0.3, -0.25) is 9.80 Å². The summed E-state index contributed by atoms with van der Waals surface area (Å²) in [5, 5.41) is 0. The molecule has 3 heteroatoms. The first-order valence-corrected chi connectivity index (χ1v) is 8.90. The Morgan fingerprint density at radius 2 is 1.19 bits per heavy atom. The lowest BCUT2D eigenvalue weighted by Crippen LogP contribution is -2.48. The lowest BCUT2D eigenvalue weighted by Gasteiger charge is -2.38. The molecule has 0 bridgehead atoms. The highest BCUT2D eigenvalue weighted by Crippen LogP contribution is 2.13. The Morgan fingerprint density at radius 3 is 1.44 bits per heavy atom. The molecule has 98 valence electrons. The number of hydrogen-bond donors (Lipinski definition) is 0. The molecule has 0 aliphatic rings. The fourth-order valence-electron chi connectivity index (χ4n) is 2.37. The molecule has 0 fully saturated rings. The highest BCUT2D eigenvalue weighted by molar-refractivity contribution is 6.37. The van der Waals surface area contributed by atoms with Crippen LogP contribution in [-0.4, -0.2) is 51.7 Å². The van der Waals surface area contributed by atoms with Gasteiger partial charge in [0.2, 0.25) is 0 Å². The fourth-order valence-corrected chi connectivity index (χ4v) is 4.06. The Hall–Kier alpha value is 0.137. The van der Waals surface area contributed by atoms with Gasteiger partial charge in [-0.15, -0.1) is 0 Å². The quantitative estimate of drug-likeness (QED) is 0.454. The number of rotatable bonds is 9. The Labute approximate surface area is 105 Å². The maximum Gasteiger partial charge on any atom is 0.0592 e. The highest BCUT2D eigenvalue weighted by Gasteiger charge is 2.21. The van der Waals surface area contributed by atoms with Gasteiger partial charge in [-0.25, -0.2) is 0 Å². The van der Waals surface area contributed by atoms with Crippen molar-refractivity contribution in [3.63, 3.8) is 0 Å². The predicted molar refractivity (Wildman–Crippen MR) is 78.1 cm³/mol. The van der Waals surface area contributed by atoms with Gasteiger partial charge in [-0.1, -0.05) is 47.1 Å². The third-order valence-electron chi connectivity index (χ3n) is 3.47. The van der Waals surface area contributed by atoms with Crippen LogP contribution in [0.5, 0.6) is 0 Å². The molecule has 0 aromatic rings. The predicted octanol–water partition coefficient (Wildman–Crippen LogP) is 2.41. The van der Waals surface area contributed by atoms with Crippen molar-refractivity contribution in [2.45, 2.75) is 59.3 Å². The molecule has 0 N–H and O–H groups in total. The largest absolute Gasteiger partial charge is 0.289 e. The van der Waals surface area contributed by atoms with Gasteiger partial charge < -0.3 is 0 Å². The molecule has 2 nitrogen and oxygen atoms in total. The second-order valence-corrected chi connectivity index (χ2v) is 7.68. The van der Waals surface area contributed by atoms with E-state index in [0.717, 1.165) is 5.54 Å². The van der Waals surface area contributed by atoms with E-state index in [1.165, 1.54) is 32.2 Å². The molecule has 0 saturated carbocycles. The maximum absolute atomic E-state index is 2.63. The van der Waals surface area contributed by atoms with E-state index in [1.807, 2.05) is 0 Å². The van der Waals surface area contributed by atoms with Crippen molar-refractivity contribution in [2.24, 2.45) is 0 Å². The van der Waals surface area contributed by atoms with E-state index in [-0.39, 0.29) is 9.52 Å². The molecule has 0 unspecified atom stereocenters. The minimum atomic E-state index is 0.0924. The summed E-state index contributed by atoms with van der Waals surface area (Å²) in [5.74, 6) is 0. The van der Waals surface area contributed by atoms with Crippen molar-refractivity contribution in [1.29, 1.82) is 0 Å². The second-order valence-electron chi connectivity index (χ2n) is 4.89. The van der Waals surface area contributed by atoms with Gasteiger partial charge in [-0.05, 0) is 32.2 Å². The van der Waals surface area contributed by atoms with Crippen molar-refractivity contribution < 1.29 is 0 Å². The van der Waals surface area contributed by atoms with Crippen LogP contribution in [0, 0.1) is 0 Å². The first-order chi connectivity index (χ1) is 7.60. The molecule has 0 aliphatic heterocycles. The smallest absolute Gasteiger partial charge is 0.0592 e. The molecule has 0 amide bonds. The zero-order valence-electron chi connectivity index (χ0n) is 12.3. The molecule has 16 heavy (non-hydrogen) atoms. The fraction of sp³-hybridized carbons (Fsp3) is 1.00. The monoisotopic (exact) mass is 244 g/mol. The van der Waals surface area contributed by atoms with Crippen molar-refractivity contribution in [3.05, 3.63) is 0 Å². The van der Waals surface area contributed by atoms with Gasteiger partial charge in [0.1, 0.15) is 0 Å². The van der Waals surface area contributed by atoms with Crippen LogP contribution in [0.15, 0.2) is 0 Å². The summed E-state index contributed by atoms with van der Waals surface area (Å²) in [7, 11) is 0.0924. The number of nitrogens with zero attached hydrogens (tertiary/aromatic N) is 2. The standard InChI is InChI=1S/C13H32N2Si/c1-7-14(8-2)13(11-16-12(5)6)15(9-3)10-4/h12-13H,7-11,16H2,1-6H3. The van der Waals surface area contributed by atoms with Crippen molar-refractivity contribution in [3.8, 4) is 0 Å². The SMILES string of the molecule is CCN(CC)C(C[SiH2]C(C)C)N(CC)CC. The van der Waals surface area contributed by atoms with Gasteiger partial charge in [0.05, 0.1) is 6.17 Å². The molecular formula is C13H32N2Si. The molecule has 0 spiro atoms. The minimum absolute atomic E-state index is 0.0924. The van der Waals surface area contributed by atoms with Crippen LogP contribution in [0.25, 0.3) is 0 Å². The van der Waals surface area contributed by atoms with Gasteiger partial charge >= 0.3 is 0 Å². The lowest BCUT2D eigenvalue weighted by atomic mass is 10.3. The van der Waals surface area contributed by atoms with Crippen LogP contribution >= 0.6 is 0 Å². The molecule has 0 aromatic heterocycles. The van der Waals surface area contributed by atoms with Crippen LogP contribution in [-0.2, 0) is 0 Å². The zero-order valence-corrected chi connectivity index (χ0v) is 13.7. The summed E-state index contributed by atoms with van der Waals surface area (Å²) in [6.45, 7) is 18.7. The van der Waals surface area contributed by atoms with E-state index >= 15 is 0 Å². The summed E-state index contributed by atoms with van der Waals surface area (Å²) < 4.78 is 0. The molecule has 0 heterocycles. The van der Waals surface area contributed by atoms with Gasteiger partial charge in [0.25, 0.3) is 0 Å². The molecule has 0 saturated heterocycles. The summed E-state index contributed by atoms with van der Waals surface area (Å²) in [4.78, 5) is 5.25. The Balaban J connectivity index is 4.46. The van der Waals surface area contributed by atoms with E-state index < -0.39 is 0 Å². The molecule has 0 atom stereocenters. The van der Waals surface area contributed by atoms with Crippen LogP contribution < -0.4 is 0 Å². The first-order valence-electron chi connectivity index (χ1n) is 7.08. The third kappa shape index (κ3) is 5.46. The van der Waals surface area contributed by atoms with Crippen molar-refractivity contribution in [1.82, 2.24) is 9.80 Å². The van der Waals surface area contributed by atoms with Gasteiger partial charge in [-0.2, -0.15) is 0 Å². The van der Waals surface area contributed by atoms with Gasteiger partial charge in [0.15, 0.2) is 0 Å².